The molecule has 172 valence electrons. The van der Waals surface area contributed by atoms with E-state index in [1.54, 1.807) is 22.9 Å². The number of hydrogen-bond acceptors (Lipinski definition) is 5. The van der Waals surface area contributed by atoms with Gasteiger partial charge in [0.2, 0.25) is 0 Å². The Bertz CT molecular complexity index is 1330. The summed E-state index contributed by atoms with van der Waals surface area (Å²) in [4.78, 5) is 19.1. The molecule has 1 aliphatic heterocycles. The van der Waals surface area contributed by atoms with Gasteiger partial charge >= 0.3 is 0 Å². The molecule has 8 heteroatoms. The van der Waals surface area contributed by atoms with Crippen LogP contribution in [0.15, 0.2) is 64.1 Å². The minimum Gasteiger partial charge on any atom is -0.487 e. The molecule has 33 heavy (non-hydrogen) atoms. The molecule has 4 aromatic rings. The topological polar surface area (TPSA) is 60.5 Å². The molecule has 1 aliphatic rings. The van der Waals surface area contributed by atoms with E-state index < -0.39 is 5.82 Å². The maximum absolute atomic E-state index is 13.0. The Morgan fingerprint density at radius 3 is 2.76 bits per heavy atom. The lowest BCUT2D eigenvalue weighted by Gasteiger charge is -2.29. The molecule has 0 saturated heterocycles. The van der Waals surface area contributed by atoms with Gasteiger partial charge in [-0.2, -0.15) is 0 Å². The Morgan fingerprint density at radius 1 is 1.18 bits per heavy atom. The standard InChI is InChI=1S/C25H24FN3O3.ClH/c1-16(2)28-9-8-23-22(14-28)21-6-5-19(11-24(21)32-23)29-10-7-20(12-25(29)30)31-15-18-4-3-17(26)13-27-18;/h3-7,10-13,16H,8-9,14-15H2,1-2H3;1H. The van der Waals surface area contributed by atoms with Crippen molar-refractivity contribution in [1.29, 1.82) is 0 Å². The maximum Gasteiger partial charge on any atom is 0.258 e. The molecule has 3 aromatic heterocycles. The molecular formula is C25H25ClFN3O3. The molecule has 6 nitrogen and oxygen atoms in total. The van der Waals surface area contributed by atoms with Crippen molar-refractivity contribution in [2.75, 3.05) is 6.54 Å². The summed E-state index contributed by atoms with van der Waals surface area (Å²) in [5, 5.41) is 1.11. The summed E-state index contributed by atoms with van der Waals surface area (Å²) < 4.78 is 26.3. The summed E-state index contributed by atoms with van der Waals surface area (Å²) in [6.45, 7) is 6.45. The first-order chi connectivity index (χ1) is 15.5. The molecule has 5 rings (SSSR count). The molecule has 0 aliphatic carbocycles. The highest BCUT2D eigenvalue weighted by Crippen LogP contribution is 2.32. The maximum atomic E-state index is 13.0. The third-order valence-corrected chi connectivity index (χ3v) is 5.92. The molecule has 0 unspecified atom stereocenters. The van der Waals surface area contributed by atoms with E-state index in [-0.39, 0.29) is 24.6 Å². The van der Waals surface area contributed by atoms with Crippen molar-refractivity contribution in [3.05, 3.63) is 88.0 Å². The van der Waals surface area contributed by atoms with E-state index in [1.165, 1.54) is 17.7 Å². The zero-order valence-electron chi connectivity index (χ0n) is 18.5. The minimum absolute atomic E-state index is 0. The van der Waals surface area contributed by atoms with E-state index in [9.17, 15) is 9.18 Å². The second kappa shape index (κ2) is 9.37. The van der Waals surface area contributed by atoms with Crippen LogP contribution in [0.2, 0.25) is 0 Å². The fourth-order valence-electron chi connectivity index (χ4n) is 4.10. The van der Waals surface area contributed by atoms with Crippen molar-refractivity contribution in [2.45, 2.75) is 39.5 Å². The van der Waals surface area contributed by atoms with Crippen LogP contribution < -0.4 is 10.3 Å². The van der Waals surface area contributed by atoms with Gasteiger partial charge in [-0.15, -0.1) is 12.4 Å². The fourth-order valence-corrected chi connectivity index (χ4v) is 4.10. The minimum atomic E-state index is -0.400. The van der Waals surface area contributed by atoms with E-state index in [4.69, 9.17) is 9.15 Å². The summed E-state index contributed by atoms with van der Waals surface area (Å²) in [7, 11) is 0. The molecular weight excluding hydrogens is 445 g/mol. The number of pyridine rings is 2. The van der Waals surface area contributed by atoms with Gasteiger partial charge in [-0.3, -0.25) is 19.2 Å². The van der Waals surface area contributed by atoms with Crippen molar-refractivity contribution in [3.8, 4) is 11.4 Å². The molecule has 4 heterocycles. The van der Waals surface area contributed by atoms with Crippen LogP contribution in [-0.2, 0) is 19.6 Å². The number of furan rings is 1. The summed E-state index contributed by atoms with van der Waals surface area (Å²) in [6, 6.07) is 12.4. The van der Waals surface area contributed by atoms with Gasteiger partial charge in [0.15, 0.2) is 0 Å². The third kappa shape index (κ3) is 4.65. The van der Waals surface area contributed by atoms with Crippen LogP contribution in [0.5, 0.6) is 5.75 Å². The van der Waals surface area contributed by atoms with Crippen LogP contribution in [0.25, 0.3) is 16.7 Å². The van der Waals surface area contributed by atoms with E-state index in [2.05, 4.69) is 23.7 Å². The van der Waals surface area contributed by atoms with Gasteiger partial charge < -0.3 is 9.15 Å². The number of benzene rings is 1. The lowest BCUT2D eigenvalue weighted by Crippen LogP contribution is -2.35. The highest BCUT2D eigenvalue weighted by molar-refractivity contribution is 5.85. The van der Waals surface area contributed by atoms with E-state index in [0.29, 0.717) is 17.5 Å². The molecule has 0 bridgehead atoms. The Kier molecular flexibility index (Phi) is 6.54. The number of halogens is 2. The molecule has 0 saturated carbocycles. The Hall–Kier alpha value is -3.16. The zero-order valence-corrected chi connectivity index (χ0v) is 19.3. The fraction of sp³-hybridized carbons (Fsp3) is 0.280. The first-order valence-corrected chi connectivity index (χ1v) is 10.7. The third-order valence-electron chi connectivity index (χ3n) is 5.92. The zero-order chi connectivity index (χ0) is 22.2. The van der Waals surface area contributed by atoms with Crippen LogP contribution in [0, 0.1) is 5.82 Å². The van der Waals surface area contributed by atoms with Crippen LogP contribution in [0.3, 0.4) is 0 Å². The van der Waals surface area contributed by atoms with Crippen molar-refractivity contribution >= 4 is 23.4 Å². The van der Waals surface area contributed by atoms with Gasteiger partial charge in [0.05, 0.1) is 17.6 Å². The predicted molar refractivity (Wildman–Crippen MR) is 127 cm³/mol. The smallest absolute Gasteiger partial charge is 0.258 e. The van der Waals surface area contributed by atoms with Crippen LogP contribution >= 0.6 is 12.4 Å². The number of ether oxygens (including phenoxy) is 1. The molecule has 1 aromatic carbocycles. The van der Waals surface area contributed by atoms with Gasteiger partial charge in [-0.1, -0.05) is 0 Å². The van der Waals surface area contributed by atoms with Crippen molar-refractivity contribution in [3.63, 3.8) is 0 Å². The molecule has 0 spiro atoms. The summed E-state index contributed by atoms with van der Waals surface area (Å²) >= 11 is 0. The van der Waals surface area contributed by atoms with Gasteiger partial charge in [0.1, 0.15) is 29.5 Å². The molecule has 0 radical (unpaired) electrons. The van der Waals surface area contributed by atoms with Crippen LogP contribution in [-0.4, -0.2) is 27.0 Å². The second-order valence-corrected chi connectivity index (χ2v) is 8.33. The lowest BCUT2D eigenvalue weighted by molar-refractivity contribution is 0.196. The Labute approximate surface area is 197 Å². The van der Waals surface area contributed by atoms with Gasteiger partial charge in [0.25, 0.3) is 5.56 Å². The Balaban J connectivity index is 0.00000259. The number of fused-ring (bicyclic) bond motifs is 3. The van der Waals surface area contributed by atoms with Crippen LogP contribution in [0.4, 0.5) is 4.39 Å². The molecule has 0 atom stereocenters. The molecule has 0 N–H and O–H groups in total. The summed E-state index contributed by atoms with van der Waals surface area (Å²) in [5.74, 6) is 1.07. The van der Waals surface area contributed by atoms with Crippen molar-refractivity contribution < 1.29 is 13.5 Å². The summed E-state index contributed by atoms with van der Waals surface area (Å²) in [6.07, 6.45) is 3.71. The quantitative estimate of drug-likeness (QED) is 0.416. The first-order valence-electron chi connectivity index (χ1n) is 10.7. The van der Waals surface area contributed by atoms with Crippen molar-refractivity contribution in [2.24, 2.45) is 0 Å². The average molecular weight is 470 g/mol. The average Bonchev–Trinajstić information content (AvgIpc) is 3.15. The number of hydrogen-bond donors (Lipinski definition) is 0. The molecule has 0 fully saturated rings. The molecule has 0 amide bonds. The monoisotopic (exact) mass is 469 g/mol. The van der Waals surface area contributed by atoms with Crippen LogP contribution in [0.1, 0.15) is 30.9 Å². The van der Waals surface area contributed by atoms with Gasteiger partial charge in [0, 0.05) is 54.8 Å². The van der Waals surface area contributed by atoms with Crippen molar-refractivity contribution in [1.82, 2.24) is 14.5 Å². The van der Waals surface area contributed by atoms with Gasteiger partial charge in [-0.25, -0.2) is 4.39 Å². The Morgan fingerprint density at radius 2 is 2.03 bits per heavy atom. The highest BCUT2D eigenvalue weighted by Gasteiger charge is 2.24. The van der Waals surface area contributed by atoms with E-state index >= 15 is 0 Å². The predicted octanol–water partition coefficient (Wildman–Crippen LogP) is 4.89. The first kappa shape index (κ1) is 23.0. The van der Waals surface area contributed by atoms with E-state index in [1.807, 2.05) is 18.2 Å². The number of rotatable bonds is 5. The highest BCUT2D eigenvalue weighted by atomic mass is 35.5. The van der Waals surface area contributed by atoms with E-state index in [0.717, 1.165) is 48.1 Å². The number of aromatic nitrogens is 2. The largest absolute Gasteiger partial charge is 0.487 e. The normalized spacial score (nSPS) is 13.7. The second-order valence-electron chi connectivity index (χ2n) is 8.33. The number of nitrogens with zero attached hydrogens (tertiary/aromatic N) is 3. The lowest BCUT2D eigenvalue weighted by atomic mass is 10.0. The SMILES string of the molecule is CC(C)N1CCc2oc3cc(-n4ccc(OCc5ccc(F)cn5)cc4=O)ccc3c2C1.Cl. The summed E-state index contributed by atoms with van der Waals surface area (Å²) in [5.41, 5.74) is 3.15. The van der Waals surface area contributed by atoms with Gasteiger partial charge in [-0.05, 0) is 44.2 Å².